The Hall–Kier alpha value is -2.17. The van der Waals surface area contributed by atoms with Crippen molar-refractivity contribution in [3.63, 3.8) is 0 Å². The van der Waals surface area contributed by atoms with E-state index >= 15 is 0 Å². The van der Waals surface area contributed by atoms with Gasteiger partial charge >= 0.3 is 11.9 Å². The fourth-order valence-corrected chi connectivity index (χ4v) is 4.36. The van der Waals surface area contributed by atoms with Crippen molar-refractivity contribution < 1.29 is 29.3 Å². The number of benzene rings is 2. The Morgan fingerprint density at radius 1 is 0.926 bits per heavy atom. The van der Waals surface area contributed by atoms with Crippen molar-refractivity contribution in [2.45, 2.75) is 39.5 Å². The second-order valence-corrected chi connectivity index (χ2v) is 8.76. The maximum Gasteiger partial charge on any atom is 0.303 e. The lowest BCUT2D eigenvalue weighted by Gasteiger charge is -2.18. The summed E-state index contributed by atoms with van der Waals surface area (Å²) in [5.74, 6) is -3.27. The van der Waals surface area contributed by atoms with Gasteiger partial charge in [0, 0.05) is 24.3 Å². The summed E-state index contributed by atoms with van der Waals surface area (Å²) < 4.78 is 12.6. The molecule has 0 bridgehead atoms. The number of rotatable bonds is 8. The molecule has 1 unspecified atom stereocenters. The number of fused-ring (bicyclic) bond motifs is 1. The average molecular weight is 394 g/mol. The van der Waals surface area contributed by atoms with Crippen LogP contribution in [0.15, 0.2) is 42.5 Å². The van der Waals surface area contributed by atoms with Crippen LogP contribution in [0.25, 0.3) is 10.8 Å². The van der Waals surface area contributed by atoms with E-state index in [1.54, 1.807) is 12.1 Å². The summed E-state index contributed by atoms with van der Waals surface area (Å²) in [5, 5.41) is 19.6. The minimum atomic E-state index is -3.84. The second kappa shape index (κ2) is 10.9. The predicted molar refractivity (Wildman–Crippen MR) is 107 cm³/mol. The highest BCUT2D eigenvalue weighted by molar-refractivity contribution is 7.66. The van der Waals surface area contributed by atoms with Gasteiger partial charge < -0.3 is 15.1 Å². The van der Waals surface area contributed by atoms with Crippen LogP contribution in [0.3, 0.4) is 0 Å². The standard InChI is InChI=1S/C16H17O6P.C4H10/c17-15(18)7-11(8-16(19)20)10-23(21,22)14-6-5-12-3-1-2-4-13(12)9-14;1-3-4-2/h1-6,9,11H,7-8,10H2,(H,17,18)(H,19,20)(H,21,22);3-4H2,1-2H3. The molecule has 7 heteroatoms. The van der Waals surface area contributed by atoms with E-state index in [1.165, 1.54) is 18.9 Å². The van der Waals surface area contributed by atoms with E-state index < -0.39 is 38.1 Å². The molecule has 0 saturated heterocycles. The van der Waals surface area contributed by atoms with Crippen LogP contribution in [-0.2, 0) is 14.2 Å². The molecule has 3 N–H and O–H groups in total. The molecule has 0 radical (unpaired) electrons. The molecule has 6 nitrogen and oxygen atoms in total. The van der Waals surface area contributed by atoms with E-state index in [-0.39, 0.29) is 11.5 Å². The normalized spacial score (nSPS) is 12.9. The molecule has 0 fully saturated rings. The van der Waals surface area contributed by atoms with Gasteiger partial charge in [-0.2, -0.15) is 0 Å². The van der Waals surface area contributed by atoms with Gasteiger partial charge in [-0.25, -0.2) is 0 Å². The topological polar surface area (TPSA) is 112 Å². The van der Waals surface area contributed by atoms with Gasteiger partial charge in [0.15, 0.2) is 0 Å². The fraction of sp³-hybridized carbons (Fsp3) is 0.400. The Bertz CT molecular complexity index is 799. The molecule has 2 aromatic carbocycles. The van der Waals surface area contributed by atoms with Crippen LogP contribution < -0.4 is 5.30 Å². The number of carboxylic acid groups (broad SMARTS) is 2. The Balaban J connectivity index is 0.000000828. The molecular formula is C20H27O6P. The van der Waals surface area contributed by atoms with Crippen molar-refractivity contribution in [2.75, 3.05) is 6.16 Å². The van der Waals surface area contributed by atoms with E-state index in [9.17, 15) is 19.0 Å². The van der Waals surface area contributed by atoms with Crippen molar-refractivity contribution in [3.8, 4) is 0 Å². The van der Waals surface area contributed by atoms with Crippen LogP contribution in [0.2, 0.25) is 0 Å². The summed E-state index contributed by atoms with van der Waals surface area (Å²) in [7, 11) is -3.84. The number of hydrogen-bond acceptors (Lipinski definition) is 3. The zero-order valence-electron chi connectivity index (χ0n) is 15.7. The number of aliphatic carboxylic acids is 2. The number of unbranched alkanes of at least 4 members (excludes halogenated alkanes) is 1. The zero-order chi connectivity index (χ0) is 20.4. The minimum Gasteiger partial charge on any atom is -0.481 e. The van der Waals surface area contributed by atoms with Crippen LogP contribution in [0.1, 0.15) is 39.5 Å². The molecule has 0 aliphatic rings. The molecule has 0 spiro atoms. The molecule has 0 aliphatic carbocycles. The first-order chi connectivity index (χ1) is 12.7. The largest absolute Gasteiger partial charge is 0.481 e. The molecule has 148 valence electrons. The van der Waals surface area contributed by atoms with E-state index in [0.29, 0.717) is 0 Å². The molecular weight excluding hydrogens is 367 g/mol. The highest BCUT2D eigenvalue weighted by atomic mass is 31.2. The fourth-order valence-electron chi connectivity index (χ4n) is 2.54. The number of carboxylic acids is 2. The Morgan fingerprint density at radius 2 is 1.44 bits per heavy atom. The Labute approximate surface area is 159 Å². The van der Waals surface area contributed by atoms with Crippen molar-refractivity contribution in [1.29, 1.82) is 0 Å². The summed E-state index contributed by atoms with van der Waals surface area (Å²) in [6.07, 6.45) is 1.36. The Kier molecular flexibility index (Phi) is 9.19. The van der Waals surface area contributed by atoms with Gasteiger partial charge in [0.2, 0.25) is 7.37 Å². The lowest BCUT2D eigenvalue weighted by Crippen LogP contribution is -2.19. The SMILES string of the molecule is CCCC.O=C(O)CC(CC(=O)O)CP(=O)(O)c1ccc2ccccc2c1. The second-order valence-electron chi connectivity index (χ2n) is 6.48. The lowest BCUT2D eigenvalue weighted by atomic mass is 10.0. The van der Waals surface area contributed by atoms with Crippen LogP contribution >= 0.6 is 7.37 Å². The lowest BCUT2D eigenvalue weighted by molar-refractivity contribution is -0.140. The van der Waals surface area contributed by atoms with Gasteiger partial charge in [0.05, 0.1) is 0 Å². The highest BCUT2D eigenvalue weighted by Gasteiger charge is 2.29. The molecule has 1 atom stereocenters. The van der Waals surface area contributed by atoms with Crippen molar-refractivity contribution in [2.24, 2.45) is 5.92 Å². The third-order valence-electron chi connectivity index (χ3n) is 4.07. The molecule has 0 saturated carbocycles. The van der Waals surface area contributed by atoms with Gasteiger partial charge in [0.25, 0.3) is 0 Å². The maximum atomic E-state index is 12.6. The molecule has 0 aromatic heterocycles. The molecule has 2 rings (SSSR count). The third kappa shape index (κ3) is 7.94. The first-order valence-electron chi connectivity index (χ1n) is 8.94. The average Bonchev–Trinajstić information content (AvgIpc) is 2.60. The molecule has 0 aliphatic heterocycles. The molecule has 27 heavy (non-hydrogen) atoms. The molecule has 2 aromatic rings. The van der Waals surface area contributed by atoms with Gasteiger partial charge in [-0.1, -0.05) is 57.0 Å². The van der Waals surface area contributed by atoms with Gasteiger partial charge in [-0.05, 0) is 28.8 Å². The van der Waals surface area contributed by atoms with E-state index in [4.69, 9.17) is 10.2 Å². The number of carbonyl (C=O) groups is 2. The van der Waals surface area contributed by atoms with Gasteiger partial charge in [0.1, 0.15) is 0 Å². The Morgan fingerprint density at radius 3 is 1.93 bits per heavy atom. The van der Waals surface area contributed by atoms with E-state index in [2.05, 4.69) is 13.8 Å². The number of hydrogen-bond donors (Lipinski definition) is 3. The summed E-state index contributed by atoms with van der Waals surface area (Å²) in [6.45, 7) is 4.36. The first-order valence-corrected chi connectivity index (χ1v) is 10.8. The molecule has 0 heterocycles. The highest BCUT2D eigenvalue weighted by Crippen LogP contribution is 2.43. The maximum absolute atomic E-state index is 12.6. The zero-order valence-corrected chi connectivity index (χ0v) is 16.6. The van der Waals surface area contributed by atoms with Crippen LogP contribution in [0.5, 0.6) is 0 Å². The van der Waals surface area contributed by atoms with Crippen LogP contribution in [0, 0.1) is 5.92 Å². The molecule has 0 amide bonds. The van der Waals surface area contributed by atoms with E-state index in [1.807, 2.05) is 24.3 Å². The third-order valence-corrected chi connectivity index (χ3v) is 6.17. The summed E-state index contributed by atoms with van der Waals surface area (Å²) in [6, 6.07) is 12.2. The van der Waals surface area contributed by atoms with Crippen molar-refractivity contribution in [3.05, 3.63) is 42.5 Å². The van der Waals surface area contributed by atoms with Crippen LogP contribution in [-0.4, -0.2) is 33.2 Å². The van der Waals surface area contributed by atoms with Crippen molar-refractivity contribution >= 4 is 35.4 Å². The van der Waals surface area contributed by atoms with E-state index in [0.717, 1.165) is 10.8 Å². The van der Waals surface area contributed by atoms with Crippen molar-refractivity contribution in [1.82, 2.24) is 0 Å². The first kappa shape index (κ1) is 22.9. The smallest absolute Gasteiger partial charge is 0.303 e. The van der Waals surface area contributed by atoms with Crippen LogP contribution in [0.4, 0.5) is 0 Å². The monoisotopic (exact) mass is 394 g/mol. The van der Waals surface area contributed by atoms with Gasteiger partial charge in [-0.3, -0.25) is 14.2 Å². The quantitative estimate of drug-likeness (QED) is 0.581. The van der Waals surface area contributed by atoms with Gasteiger partial charge in [-0.15, -0.1) is 0 Å². The minimum absolute atomic E-state index is 0.206. The summed E-state index contributed by atoms with van der Waals surface area (Å²) in [4.78, 5) is 32.0. The summed E-state index contributed by atoms with van der Waals surface area (Å²) in [5.41, 5.74) is 0. The predicted octanol–water partition coefficient (Wildman–Crippen LogP) is 4.11. The summed E-state index contributed by atoms with van der Waals surface area (Å²) >= 11 is 0.